The van der Waals surface area contributed by atoms with Crippen LogP contribution in [0.4, 0.5) is 4.39 Å². The maximum absolute atomic E-state index is 13.5. The Hall–Kier alpha value is -1.39. The van der Waals surface area contributed by atoms with Crippen molar-refractivity contribution in [1.29, 1.82) is 0 Å². The summed E-state index contributed by atoms with van der Waals surface area (Å²) in [4.78, 5) is 13.5. The Morgan fingerprint density at radius 3 is 2.78 bits per heavy atom. The van der Waals surface area contributed by atoms with Gasteiger partial charge >= 0.3 is 0 Å². The van der Waals surface area contributed by atoms with E-state index in [-0.39, 0.29) is 11.5 Å². The number of nitrogens with zero attached hydrogens (tertiary/aromatic N) is 1. The van der Waals surface area contributed by atoms with E-state index in [4.69, 9.17) is 16.3 Å². The summed E-state index contributed by atoms with van der Waals surface area (Å²) in [6, 6.07) is 4.42. The summed E-state index contributed by atoms with van der Waals surface area (Å²) in [5.74, 6) is -0.592. The predicted octanol–water partition coefficient (Wildman–Crippen LogP) is 2.35. The minimum atomic E-state index is -0.437. The second kappa shape index (κ2) is 5.98. The zero-order valence-corrected chi connectivity index (χ0v) is 10.5. The predicted molar refractivity (Wildman–Crippen MR) is 67.8 cm³/mol. The summed E-state index contributed by atoms with van der Waals surface area (Å²) < 4.78 is 18.6. The van der Waals surface area contributed by atoms with E-state index >= 15 is 0 Å². The zero-order valence-electron chi connectivity index (χ0n) is 9.73. The number of ether oxygens (including phenoxy) is 1. The molecule has 1 aromatic carbocycles. The lowest BCUT2D eigenvalue weighted by molar-refractivity contribution is -0.129. The maximum Gasteiger partial charge on any atom is 0.246 e. The Bertz CT molecular complexity index is 450. The molecule has 5 heteroatoms. The molecule has 0 saturated carbocycles. The van der Waals surface area contributed by atoms with Gasteiger partial charge in [-0.2, -0.15) is 0 Å². The van der Waals surface area contributed by atoms with Crippen molar-refractivity contribution in [3.8, 4) is 0 Å². The SMILES string of the molecule is O=C(/C=C/c1c(F)cccc1Cl)N1CCOCC1. The molecule has 0 atom stereocenters. The van der Waals surface area contributed by atoms with E-state index in [0.717, 1.165) is 0 Å². The van der Waals surface area contributed by atoms with Crippen LogP contribution in [0.15, 0.2) is 24.3 Å². The Kier molecular flexibility index (Phi) is 4.33. The molecule has 1 saturated heterocycles. The van der Waals surface area contributed by atoms with Crippen LogP contribution in [-0.2, 0) is 9.53 Å². The molecule has 3 nitrogen and oxygen atoms in total. The largest absolute Gasteiger partial charge is 0.378 e. The van der Waals surface area contributed by atoms with Crippen LogP contribution < -0.4 is 0 Å². The number of hydrogen-bond donors (Lipinski definition) is 0. The van der Waals surface area contributed by atoms with E-state index in [1.54, 1.807) is 11.0 Å². The Labute approximate surface area is 110 Å². The molecule has 0 radical (unpaired) electrons. The summed E-state index contributed by atoms with van der Waals surface area (Å²) in [5.41, 5.74) is 0.237. The van der Waals surface area contributed by atoms with Crippen molar-refractivity contribution in [2.75, 3.05) is 26.3 Å². The number of carbonyl (C=O) groups is 1. The quantitative estimate of drug-likeness (QED) is 0.772. The highest BCUT2D eigenvalue weighted by Gasteiger charge is 2.14. The van der Waals surface area contributed by atoms with Gasteiger partial charge in [0.05, 0.1) is 18.2 Å². The number of amides is 1. The lowest BCUT2D eigenvalue weighted by Crippen LogP contribution is -2.39. The Balaban J connectivity index is 2.08. The van der Waals surface area contributed by atoms with Crippen molar-refractivity contribution in [3.63, 3.8) is 0 Å². The van der Waals surface area contributed by atoms with E-state index in [1.807, 2.05) is 0 Å². The van der Waals surface area contributed by atoms with Crippen molar-refractivity contribution in [2.45, 2.75) is 0 Å². The highest BCUT2D eigenvalue weighted by Crippen LogP contribution is 2.20. The minimum absolute atomic E-state index is 0.155. The molecule has 0 aliphatic carbocycles. The first-order chi connectivity index (χ1) is 8.68. The Morgan fingerprint density at radius 1 is 1.39 bits per heavy atom. The molecule has 1 amide bonds. The molecule has 1 aliphatic heterocycles. The van der Waals surface area contributed by atoms with Gasteiger partial charge < -0.3 is 9.64 Å². The van der Waals surface area contributed by atoms with Crippen LogP contribution in [0.2, 0.25) is 5.02 Å². The lowest BCUT2D eigenvalue weighted by atomic mass is 10.2. The molecule has 0 bridgehead atoms. The van der Waals surface area contributed by atoms with Crippen LogP contribution >= 0.6 is 11.6 Å². The van der Waals surface area contributed by atoms with E-state index in [2.05, 4.69) is 0 Å². The van der Waals surface area contributed by atoms with Gasteiger partial charge in [-0.15, -0.1) is 0 Å². The summed E-state index contributed by atoms with van der Waals surface area (Å²) in [7, 11) is 0. The number of morpholine rings is 1. The standard InChI is InChI=1S/C13H13ClFNO2/c14-11-2-1-3-12(15)10(11)4-5-13(17)16-6-8-18-9-7-16/h1-5H,6-9H2/b5-4+. The second-order valence-electron chi connectivity index (χ2n) is 3.91. The summed E-state index contributed by atoms with van der Waals surface area (Å²) in [6.07, 6.45) is 2.76. The van der Waals surface area contributed by atoms with Gasteiger partial charge in [-0.05, 0) is 18.2 Å². The lowest BCUT2D eigenvalue weighted by Gasteiger charge is -2.25. The molecule has 0 unspecified atom stereocenters. The molecule has 1 fully saturated rings. The smallest absolute Gasteiger partial charge is 0.246 e. The third-order valence-electron chi connectivity index (χ3n) is 2.72. The highest BCUT2D eigenvalue weighted by atomic mass is 35.5. The van der Waals surface area contributed by atoms with Gasteiger partial charge in [0.2, 0.25) is 5.91 Å². The molecular weight excluding hydrogens is 257 g/mol. The summed E-state index contributed by atoms with van der Waals surface area (Å²) >= 11 is 5.86. The van der Waals surface area contributed by atoms with Crippen LogP contribution in [0.3, 0.4) is 0 Å². The molecule has 18 heavy (non-hydrogen) atoms. The van der Waals surface area contributed by atoms with Crippen LogP contribution in [-0.4, -0.2) is 37.1 Å². The number of carbonyl (C=O) groups excluding carboxylic acids is 1. The van der Waals surface area contributed by atoms with Crippen molar-refractivity contribution in [2.24, 2.45) is 0 Å². The molecule has 96 valence electrons. The number of rotatable bonds is 2. The fraction of sp³-hybridized carbons (Fsp3) is 0.308. The molecule has 1 heterocycles. The van der Waals surface area contributed by atoms with E-state index in [1.165, 1.54) is 24.3 Å². The van der Waals surface area contributed by atoms with Gasteiger partial charge in [0.15, 0.2) is 0 Å². The number of hydrogen-bond acceptors (Lipinski definition) is 2. The number of benzene rings is 1. The monoisotopic (exact) mass is 269 g/mol. The zero-order chi connectivity index (χ0) is 13.0. The number of halogens is 2. The fourth-order valence-electron chi connectivity index (χ4n) is 1.71. The first kappa shape index (κ1) is 13.1. The molecule has 2 rings (SSSR count). The van der Waals surface area contributed by atoms with Gasteiger partial charge in [0.25, 0.3) is 0 Å². The average molecular weight is 270 g/mol. The van der Waals surface area contributed by atoms with Gasteiger partial charge in [-0.25, -0.2) is 4.39 Å². The normalized spacial score (nSPS) is 16.2. The van der Waals surface area contributed by atoms with Crippen molar-refractivity contribution in [1.82, 2.24) is 4.90 Å². The summed E-state index contributed by atoms with van der Waals surface area (Å²) in [6.45, 7) is 2.21. The van der Waals surface area contributed by atoms with Gasteiger partial charge in [-0.3, -0.25) is 4.79 Å². The maximum atomic E-state index is 13.5. The van der Waals surface area contributed by atoms with Crippen molar-refractivity contribution in [3.05, 3.63) is 40.7 Å². The Morgan fingerprint density at radius 2 is 2.11 bits per heavy atom. The van der Waals surface area contributed by atoms with E-state index < -0.39 is 5.82 Å². The molecule has 0 spiro atoms. The van der Waals surface area contributed by atoms with Crippen molar-refractivity contribution >= 4 is 23.6 Å². The van der Waals surface area contributed by atoms with Crippen LogP contribution in [0.25, 0.3) is 6.08 Å². The molecular formula is C13H13ClFNO2. The average Bonchev–Trinajstić information content (AvgIpc) is 2.39. The third-order valence-corrected chi connectivity index (χ3v) is 3.04. The molecule has 1 aliphatic rings. The summed E-state index contributed by atoms with van der Waals surface area (Å²) in [5, 5.41) is 0.293. The highest BCUT2D eigenvalue weighted by molar-refractivity contribution is 6.32. The fourth-order valence-corrected chi connectivity index (χ4v) is 1.94. The molecule has 1 aromatic rings. The topological polar surface area (TPSA) is 29.5 Å². The van der Waals surface area contributed by atoms with E-state index in [9.17, 15) is 9.18 Å². The van der Waals surface area contributed by atoms with Crippen molar-refractivity contribution < 1.29 is 13.9 Å². The molecule has 0 aromatic heterocycles. The van der Waals surface area contributed by atoms with Crippen LogP contribution in [0.1, 0.15) is 5.56 Å². The first-order valence-electron chi connectivity index (χ1n) is 5.67. The second-order valence-corrected chi connectivity index (χ2v) is 4.31. The molecule has 0 N–H and O–H groups in total. The van der Waals surface area contributed by atoms with Gasteiger partial charge in [0, 0.05) is 24.7 Å². The van der Waals surface area contributed by atoms with E-state index in [0.29, 0.717) is 31.3 Å². The van der Waals surface area contributed by atoms with Gasteiger partial charge in [0.1, 0.15) is 5.82 Å². The third kappa shape index (κ3) is 3.09. The first-order valence-corrected chi connectivity index (χ1v) is 6.05. The van der Waals surface area contributed by atoms with Crippen LogP contribution in [0.5, 0.6) is 0 Å². The van der Waals surface area contributed by atoms with Crippen LogP contribution in [0, 0.1) is 5.82 Å². The minimum Gasteiger partial charge on any atom is -0.378 e. The van der Waals surface area contributed by atoms with Gasteiger partial charge in [-0.1, -0.05) is 17.7 Å².